The van der Waals surface area contributed by atoms with Crippen molar-refractivity contribution in [3.05, 3.63) is 57.3 Å². The number of amides is 2. The molecule has 0 spiro atoms. The monoisotopic (exact) mass is 344 g/mol. The highest BCUT2D eigenvalue weighted by molar-refractivity contribution is 7.12. The molecule has 2 unspecified atom stereocenters. The predicted molar refractivity (Wildman–Crippen MR) is 93.2 cm³/mol. The second-order valence-electron chi connectivity index (χ2n) is 6.05. The third-order valence-corrected chi connectivity index (χ3v) is 5.24. The zero-order chi connectivity index (χ0) is 17.3. The zero-order valence-electron chi connectivity index (χ0n) is 13.7. The Morgan fingerprint density at radius 3 is 2.75 bits per heavy atom. The summed E-state index contributed by atoms with van der Waals surface area (Å²) in [7, 11) is 0. The molecule has 2 atom stereocenters. The summed E-state index contributed by atoms with van der Waals surface area (Å²) in [5.74, 6) is -0.597. The lowest BCUT2D eigenvalue weighted by Gasteiger charge is -2.38. The molecule has 5 nitrogen and oxygen atoms in total. The summed E-state index contributed by atoms with van der Waals surface area (Å²) in [6, 6.07) is 9.60. The SMILES string of the molecule is Cc1ccccc1C1CN(C(=O)c2cc(C(N)=O)cs2)C(C)CO1. The topological polar surface area (TPSA) is 72.6 Å². The van der Waals surface area contributed by atoms with E-state index in [0.29, 0.717) is 23.6 Å². The van der Waals surface area contributed by atoms with E-state index < -0.39 is 5.91 Å². The minimum Gasteiger partial charge on any atom is -0.370 e. The quantitative estimate of drug-likeness (QED) is 0.930. The lowest BCUT2D eigenvalue weighted by atomic mass is 10.0. The first-order valence-corrected chi connectivity index (χ1v) is 8.71. The summed E-state index contributed by atoms with van der Waals surface area (Å²) < 4.78 is 5.95. The van der Waals surface area contributed by atoms with Gasteiger partial charge in [0.1, 0.15) is 6.10 Å². The molecule has 1 saturated heterocycles. The van der Waals surface area contributed by atoms with Crippen LogP contribution in [0, 0.1) is 6.92 Å². The first-order chi connectivity index (χ1) is 11.5. The summed E-state index contributed by atoms with van der Waals surface area (Å²) >= 11 is 1.25. The van der Waals surface area contributed by atoms with E-state index in [4.69, 9.17) is 10.5 Å². The molecule has 1 aromatic carbocycles. The fourth-order valence-corrected chi connectivity index (χ4v) is 3.75. The number of nitrogens with zero attached hydrogens (tertiary/aromatic N) is 1. The van der Waals surface area contributed by atoms with E-state index in [0.717, 1.165) is 11.1 Å². The van der Waals surface area contributed by atoms with Gasteiger partial charge in [-0.2, -0.15) is 0 Å². The molecule has 24 heavy (non-hydrogen) atoms. The number of hydrogen-bond acceptors (Lipinski definition) is 4. The molecule has 6 heteroatoms. The molecule has 1 aromatic heterocycles. The van der Waals surface area contributed by atoms with Crippen LogP contribution in [0.3, 0.4) is 0 Å². The molecule has 0 aliphatic carbocycles. The fraction of sp³-hybridized carbons (Fsp3) is 0.333. The van der Waals surface area contributed by atoms with E-state index in [1.165, 1.54) is 11.3 Å². The van der Waals surface area contributed by atoms with Crippen molar-refractivity contribution < 1.29 is 14.3 Å². The molecule has 2 aromatic rings. The van der Waals surface area contributed by atoms with Crippen molar-refractivity contribution in [2.75, 3.05) is 13.2 Å². The Hall–Kier alpha value is -2.18. The van der Waals surface area contributed by atoms with E-state index in [1.807, 2.05) is 43.0 Å². The largest absolute Gasteiger partial charge is 0.370 e. The zero-order valence-corrected chi connectivity index (χ0v) is 14.5. The van der Waals surface area contributed by atoms with E-state index in [9.17, 15) is 9.59 Å². The van der Waals surface area contributed by atoms with E-state index >= 15 is 0 Å². The number of rotatable bonds is 3. The Bertz CT molecular complexity index is 771. The van der Waals surface area contributed by atoms with E-state index in [2.05, 4.69) is 0 Å². The third-order valence-electron chi connectivity index (χ3n) is 4.32. The Balaban J connectivity index is 1.82. The molecule has 1 aliphatic rings. The van der Waals surface area contributed by atoms with Crippen LogP contribution in [0.25, 0.3) is 0 Å². The predicted octanol–water partition coefficient (Wildman–Crippen LogP) is 2.76. The van der Waals surface area contributed by atoms with Gasteiger partial charge in [-0.25, -0.2) is 0 Å². The summed E-state index contributed by atoms with van der Waals surface area (Å²) in [5.41, 5.74) is 7.90. The molecule has 0 radical (unpaired) electrons. The number of hydrogen-bond donors (Lipinski definition) is 1. The summed E-state index contributed by atoms with van der Waals surface area (Å²) in [4.78, 5) is 26.4. The highest BCUT2D eigenvalue weighted by Crippen LogP contribution is 2.29. The van der Waals surface area contributed by atoms with Crippen molar-refractivity contribution in [3.63, 3.8) is 0 Å². The Morgan fingerprint density at radius 2 is 2.08 bits per heavy atom. The van der Waals surface area contributed by atoms with Crippen molar-refractivity contribution in [1.29, 1.82) is 0 Å². The van der Waals surface area contributed by atoms with Gasteiger partial charge in [0.2, 0.25) is 5.91 Å². The Kier molecular flexibility index (Phi) is 4.69. The lowest BCUT2D eigenvalue weighted by Crippen LogP contribution is -2.48. The van der Waals surface area contributed by atoms with Crippen LogP contribution in [0.15, 0.2) is 35.7 Å². The minimum absolute atomic E-state index is 0.0168. The van der Waals surface area contributed by atoms with Crippen LogP contribution >= 0.6 is 11.3 Å². The second-order valence-corrected chi connectivity index (χ2v) is 6.96. The second kappa shape index (κ2) is 6.75. The van der Waals surface area contributed by atoms with Gasteiger partial charge in [-0.15, -0.1) is 11.3 Å². The van der Waals surface area contributed by atoms with Gasteiger partial charge >= 0.3 is 0 Å². The van der Waals surface area contributed by atoms with Crippen LogP contribution in [0.1, 0.15) is 44.2 Å². The molecule has 0 bridgehead atoms. The van der Waals surface area contributed by atoms with Gasteiger partial charge in [-0.05, 0) is 31.0 Å². The number of morpholine rings is 1. The van der Waals surface area contributed by atoms with Gasteiger partial charge in [0, 0.05) is 5.38 Å². The normalized spacial score (nSPS) is 20.8. The van der Waals surface area contributed by atoms with Crippen molar-refractivity contribution in [1.82, 2.24) is 4.90 Å². The van der Waals surface area contributed by atoms with Gasteiger partial charge in [-0.3, -0.25) is 9.59 Å². The summed E-state index contributed by atoms with van der Waals surface area (Å²) in [6.45, 7) is 4.99. The number of carbonyl (C=O) groups is 2. The van der Waals surface area contributed by atoms with Crippen LogP contribution in [0.2, 0.25) is 0 Å². The molecule has 1 aliphatic heterocycles. The van der Waals surface area contributed by atoms with E-state index in [-0.39, 0.29) is 18.1 Å². The summed E-state index contributed by atoms with van der Waals surface area (Å²) in [6.07, 6.45) is -0.137. The molecule has 3 rings (SSSR count). The molecule has 126 valence electrons. The van der Waals surface area contributed by atoms with Crippen LogP contribution in [0.5, 0.6) is 0 Å². The van der Waals surface area contributed by atoms with Gasteiger partial charge in [0.05, 0.1) is 29.6 Å². The smallest absolute Gasteiger partial charge is 0.264 e. The van der Waals surface area contributed by atoms with E-state index in [1.54, 1.807) is 11.4 Å². The number of benzene rings is 1. The highest BCUT2D eigenvalue weighted by atomic mass is 32.1. The Labute approximate surface area is 145 Å². The summed E-state index contributed by atoms with van der Waals surface area (Å²) in [5, 5.41) is 1.62. The van der Waals surface area contributed by atoms with Crippen molar-refractivity contribution in [3.8, 4) is 0 Å². The van der Waals surface area contributed by atoms with Crippen LogP contribution in [-0.4, -0.2) is 35.9 Å². The molecule has 1 fully saturated rings. The molecule has 2 N–H and O–H groups in total. The van der Waals surface area contributed by atoms with Crippen molar-refractivity contribution in [2.45, 2.75) is 26.0 Å². The maximum Gasteiger partial charge on any atom is 0.264 e. The standard InChI is InChI=1S/C18H20N2O3S/c1-11-5-3-4-6-14(11)15-8-20(12(2)9-23-15)18(22)16-7-13(10-24-16)17(19)21/h3-7,10,12,15H,8-9H2,1-2H3,(H2,19,21). The molecular weight excluding hydrogens is 324 g/mol. The van der Waals surface area contributed by atoms with Crippen LogP contribution in [0.4, 0.5) is 0 Å². The highest BCUT2D eigenvalue weighted by Gasteiger charge is 2.32. The van der Waals surface area contributed by atoms with Gasteiger partial charge in [0.15, 0.2) is 0 Å². The third kappa shape index (κ3) is 3.20. The number of nitrogens with two attached hydrogens (primary N) is 1. The number of thiophene rings is 1. The molecule has 0 saturated carbocycles. The lowest BCUT2D eigenvalue weighted by molar-refractivity contribution is -0.0487. The van der Waals surface area contributed by atoms with Gasteiger partial charge in [0.25, 0.3) is 5.91 Å². The molecule has 2 heterocycles. The van der Waals surface area contributed by atoms with Gasteiger partial charge in [-0.1, -0.05) is 24.3 Å². The molecule has 2 amide bonds. The van der Waals surface area contributed by atoms with Crippen LogP contribution in [-0.2, 0) is 4.74 Å². The average molecular weight is 344 g/mol. The number of ether oxygens (including phenoxy) is 1. The Morgan fingerprint density at radius 1 is 1.33 bits per heavy atom. The first-order valence-electron chi connectivity index (χ1n) is 7.84. The number of carbonyl (C=O) groups excluding carboxylic acids is 2. The van der Waals surface area contributed by atoms with Crippen LogP contribution < -0.4 is 5.73 Å². The minimum atomic E-state index is -0.516. The molecular formula is C18H20N2O3S. The number of aryl methyl sites for hydroxylation is 1. The average Bonchev–Trinajstić information content (AvgIpc) is 3.06. The van der Waals surface area contributed by atoms with Crippen molar-refractivity contribution >= 4 is 23.2 Å². The van der Waals surface area contributed by atoms with Gasteiger partial charge < -0.3 is 15.4 Å². The fourth-order valence-electron chi connectivity index (χ4n) is 2.90. The van der Waals surface area contributed by atoms with Crippen molar-refractivity contribution in [2.24, 2.45) is 5.73 Å². The maximum atomic E-state index is 12.8. The maximum absolute atomic E-state index is 12.8. The number of primary amides is 1. The first kappa shape index (κ1) is 16.7.